The van der Waals surface area contributed by atoms with Gasteiger partial charge in [-0.3, -0.25) is 0 Å². The van der Waals surface area contributed by atoms with Gasteiger partial charge in [-0.1, -0.05) is 26.8 Å². The molecule has 0 fully saturated rings. The molecule has 0 aliphatic carbocycles. The van der Waals surface area contributed by atoms with Gasteiger partial charge in [0.05, 0.1) is 13.7 Å². The topological polar surface area (TPSA) is 44.5 Å². The van der Waals surface area contributed by atoms with E-state index in [2.05, 4.69) is 26.8 Å². The van der Waals surface area contributed by atoms with Crippen molar-refractivity contribution in [3.05, 3.63) is 23.8 Å². The third kappa shape index (κ3) is 5.41. The molecule has 1 aromatic rings. The molecule has 0 atom stereocenters. The second kappa shape index (κ2) is 8.15. The molecule has 0 radical (unpaired) electrons. The van der Waals surface area contributed by atoms with Crippen LogP contribution in [0.5, 0.6) is 11.5 Å². The van der Waals surface area contributed by atoms with Crippen LogP contribution in [0.1, 0.15) is 45.6 Å². The number of aryl methyl sites for hydroxylation is 1. The summed E-state index contributed by atoms with van der Waals surface area (Å²) in [6, 6.07) is 6.14. The molecule has 0 heterocycles. The molecule has 3 heteroatoms. The smallest absolute Gasteiger partial charge is 0.161 e. The summed E-state index contributed by atoms with van der Waals surface area (Å²) < 4.78 is 11.2. The molecule has 1 rings (SSSR count). The van der Waals surface area contributed by atoms with Gasteiger partial charge in [0, 0.05) is 0 Å². The Hall–Kier alpha value is -1.22. The largest absolute Gasteiger partial charge is 0.493 e. The lowest BCUT2D eigenvalue weighted by atomic mass is 9.87. The Balaban J connectivity index is 2.39. The van der Waals surface area contributed by atoms with Crippen LogP contribution in [0, 0.1) is 5.41 Å². The van der Waals surface area contributed by atoms with Crippen molar-refractivity contribution in [1.29, 1.82) is 0 Å². The van der Waals surface area contributed by atoms with Crippen LogP contribution in [0.25, 0.3) is 0 Å². The van der Waals surface area contributed by atoms with Crippen molar-refractivity contribution in [3.8, 4) is 11.5 Å². The van der Waals surface area contributed by atoms with Crippen LogP contribution < -0.4 is 15.2 Å². The van der Waals surface area contributed by atoms with Crippen molar-refractivity contribution in [1.82, 2.24) is 0 Å². The summed E-state index contributed by atoms with van der Waals surface area (Å²) in [6.45, 7) is 8.01. The summed E-state index contributed by atoms with van der Waals surface area (Å²) in [5.74, 6) is 1.66. The zero-order valence-electron chi connectivity index (χ0n) is 13.4. The Labute approximate surface area is 123 Å². The number of hydrogen-bond donors (Lipinski definition) is 1. The predicted molar refractivity (Wildman–Crippen MR) is 84.6 cm³/mol. The van der Waals surface area contributed by atoms with E-state index in [0.29, 0.717) is 0 Å². The fourth-order valence-electron chi connectivity index (χ4n) is 2.04. The van der Waals surface area contributed by atoms with Gasteiger partial charge in [-0.2, -0.15) is 0 Å². The number of rotatable bonds is 9. The quantitative estimate of drug-likeness (QED) is 0.699. The molecule has 20 heavy (non-hydrogen) atoms. The average molecular weight is 279 g/mol. The highest BCUT2D eigenvalue weighted by molar-refractivity contribution is 5.42. The second-order valence-electron chi connectivity index (χ2n) is 6.01. The molecule has 2 N–H and O–H groups in total. The molecule has 0 spiro atoms. The van der Waals surface area contributed by atoms with Crippen molar-refractivity contribution in [3.63, 3.8) is 0 Å². The zero-order valence-corrected chi connectivity index (χ0v) is 13.4. The van der Waals surface area contributed by atoms with E-state index >= 15 is 0 Å². The van der Waals surface area contributed by atoms with E-state index in [1.807, 2.05) is 12.1 Å². The highest BCUT2D eigenvalue weighted by Gasteiger charge is 2.14. The maximum Gasteiger partial charge on any atom is 0.161 e. The SMILES string of the molecule is CCc1ccc(OCCCCC(C)(C)CN)c(OC)c1. The van der Waals surface area contributed by atoms with E-state index in [0.717, 1.165) is 50.3 Å². The maximum absolute atomic E-state index is 5.82. The van der Waals surface area contributed by atoms with Gasteiger partial charge >= 0.3 is 0 Å². The van der Waals surface area contributed by atoms with Crippen LogP contribution in [0.3, 0.4) is 0 Å². The average Bonchev–Trinajstić information content (AvgIpc) is 2.46. The number of hydrogen-bond acceptors (Lipinski definition) is 3. The Morgan fingerprint density at radius 3 is 2.50 bits per heavy atom. The number of benzene rings is 1. The molecular weight excluding hydrogens is 250 g/mol. The van der Waals surface area contributed by atoms with Gasteiger partial charge in [0.1, 0.15) is 0 Å². The first-order chi connectivity index (χ1) is 9.52. The number of ether oxygens (including phenoxy) is 2. The van der Waals surface area contributed by atoms with Gasteiger partial charge in [0.25, 0.3) is 0 Å². The van der Waals surface area contributed by atoms with Crippen LogP contribution >= 0.6 is 0 Å². The van der Waals surface area contributed by atoms with E-state index in [1.54, 1.807) is 7.11 Å². The zero-order chi connectivity index (χ0) is 15.0. The Morgan fingerprint density at radius 2 is 1.90 bits per heavy atom. The van der Waals surface area contributed by atoms with E-state index in [9.17, 15) is 0 Å². The third-order valence-electron chi connectivity index (χ3n) is 3.69. The van der Waals surface area contributed by atoms with E-state index < -0.39 is 0 Å². The standard InChI is InChI=1S/C17H29NO2/c1-5-14-8-9-15(16(12-14)19-4)20-11-7-6-10-17(2,3)13-18/h8-9,12H,5-7,10-11,13,18H2,1-4H3. The summed E-state index contributed by atoms with van der Waals surface area (Å²) in [4.78, 5) is 0. The minimum absolute atomic E-state index is 0.237. The molecule has 0 aliphatic rings. The van der Waals surface area contributed by atoms with Gasteiger partial charge in [-0.15, -0.1) is 0 Å². The van der Waals surface area contributed by atoms with E-state index in [-0.39, 0.29) is 5.41 Å². The third-order valence-corrected chi connectivity index (χ3v) is 3.69. The predicted octanol–water partition coefficient (Wildman–Crippen LogP) is 3.79. The molecule has 0 saturated carbocycles. The van der Waals surface area contributed by atoms with Crippen molar-refractivity contribution < 1.29 is 9.47 Å². The monoisotopic (exact) mass is 279 g/mol. The summed E-state index contributed by atoms with van der Waals surface area (Å²) in [6.07, 6.45) is 4.32. The Kier molecular flexibility index (Phi) is 6.86. The van der Waals surface area contributed by atoms with Crippen LogP contribution in [0.4, 0.5) is 0 Å². The highest BCUT2D eigenvalue weighted by atomic mass is 16.5. The minimum Gasteiger partial charge on any atom is -0.493 e. The first-order valence-corrected chi connectivity index (χ1v) is 7.52. The summed E-state index contributed by atoms with van der Waals surface area (Å²) in [5.41, 5.74) is 7.23. The molecule has 1 aromatic carbocycles. The molecule has 0 amide bonds. The van der Waals surface area contributed by atoms with E-state index in [4.69, 9.17) is 15.2 Å². The van der Waals surface area contributed by atoms with Crippen molar-refractivity contribution in [2.24, 2.45) is 11.1 Å². The van der Waals surface area contributed by atoms with Crippen molar-refractivity contribution in [2.45, 2.75) is 46.5 Å². The number of nitrogens with two attached hydrogens (primary N) is 1. The number of unbranched alkanes of at least 4 members (excludes halogenated alkanes) is 1. The van der Waals surface area contributed by atoms with Gasteiger partial charge in [0.2, 0.25) is 0 Å². The van der Waals surface area contributed by atoms with Crippen molar-refractivity contribution in [2.75, 3.05) is 20.3 Å². The Morgan fingerprint density at radius 1 is 1.15 bits per heavy atom. The fraction of sp³-hybridized carbons (Fsp3) is 0.647. The normalized spacial score (nSPS) is 11.4. The molecule has 114 valence electrons. The summed E-state index contributed by atoms with van der Waals surface area (Å²) in [5, 5.41) is 0. The van der Waals surface area contributed by atoms with Crippen LogP contribution in [-0.2, 0) is 6.42 Å². The minimum atomic E-state index is 0.237. The fourth-order valence-corrected chi connectivity index (χ4v) is 2.04. The van der Waals surface area contributed by atoms with Gasteiger partial charge < -0.3 is 15.2 Å². The summed E-state index contributed by atoms with van der Waals surface area (Å²) >= 11 is 0. The molecular formula is C17H29NO2. The van der Waals surface area contributed by atoms with Crippen LogP contribution in [0.15, 0.2) is 18.2 Å². The molecule has 0 saturated heterocycles. The van der Waals surface area contributed by atoms with Gasteiger partial charge in [0.15, 0.2) is 11.5 Å². The summed E-state index contributed by atoms with van der Waals surface area (Å²) in [7, 11) is 1.69. The van der Waals surface area contributed by atoms with Gasteiger partial charge in [-0.25, -0.2) is 0 Å². The second-order valence-corrected chi connectivity index (χ2v) is 6.01. The maximum atomic E-state index is 5.82. The van der Waals surface area contributed by atoms with Crippen LogP contribution in [0.2, 0.25) is 0 Å². The van der Waals surface area contributed by atoms with E-state index in [1.165, 1.54) is 5.56 Å². The van der Waals surface area contributed by atoms with Crippen LogP contribution in [-0.4, -0.2) is 20.3 Å². The van der Waals surface area contributed by atoms with Gasteiger partial charge in [-0.05, 0) is 55.3 Å². The Bertz CT molecular complexity index is 402. The molecule has 0 unspecified atom stereocenters. The molecule has 0 bridgehead atoms. The lowest BCUT2D eigenvalue weighted by molar-refractivity contribution is 0.267. The molecule has 0 aliphatic heterocycles. The first kappa shape index (κ1) is 16.8. The highest BCUT2D eigenvalue weighted by Crippen LogP contribution is 2.28. The van der Waals surface area contributed by atoms with Crippen molar-refractivity contribution >= 4 is 0 Å². The molecule has 3 nitrogen and oxygen atoms in total. The first-order valence-electron chi connectivity index (χ1n) is 7.52. The lowest BCUT2D eigenvalue weighted by Gasteiger charge is -2.21. The number of methoxy groups -OCH3 is 1. The lowest BCUT2D eigenvalue weighted by Crippen LogP contribution is -2.23. The molecule has 0 aromatic heterocycles.